The summed E-state index contributed by atoms with van der Waals surface area (Å²) in [6.07, 6.45) is 1.68. The van der Waals surface area contributed by atoms with Crippen molar-refractivity contribution in [1.82, 2.24) is 14.8 Å². The molecule has 0 unspecified atom stereocenters. The molecule has 2 heterocycles. The number of benzene rings is 3. The maximum atomic E-state index is 12.6. The molecule has 0 saturated carbocycles. The molecule has 0 bridgehead atoms. The fraction of sp³-hybridized carbons (Fsp3) is 0.148. The zero-order chi connectivity index (χ0) is 25.9. The maximum Gasteiger partial charge on any atom is 0.324 e. The third-order valence-corrected chi connectivity index (χ3v) is 5.84. The van der Waals surface area contributed by atoms with Gasteiger partial charge >= 0.3 is 6.03 Å². The highest BCUT2D eigenvalue weighted by molar-refractivity contribution is 6.04. The van der Waals surface area contributed by atoms with Crippen LogP contribution in [0.4, 0.5) is 16.3 Å². The van der Waals surface area contributed by atoms with Gasteiger partial charge in [-0.2, -0.15) is 5.10 Å². The van der Waals surface area contributed by atoms with Gasteiger partial charge in [-0.05, 0) is 48.5 Å². The van der Waals surface area contributed by atoms with Gasteiger partial charge in [-0.15, -0.1) is 0 Å². The molecule has 5 aromatic rings. The van der Waals surface area contributed by atoms with Crippen LogP contribution in [0.1, 0.15) is 0 Å². The fourth-order valence-corrected chi connectivity index (χ4v) is 4.00. The van der Waals surface area contributed by atoms with E-state index < -0.39 is 6.03 Å². The molecule has 2 amide bonds. The topological polar surface area (TPSA) is 109 Å². The molecule has 0 radical (unpaired) electrons. The Labute approximate surface area is 212 Å². The lowest BCUT2D eigenvalue weighted by Crippen LogP contribution is -2.19. The molecule has 10 nitrogen and oxygen atoms in total. The number of pyridine rings is 1. The third kappa shape index (κ3) is 4.76. The summed E-state index contributed by atoms with van der Waals surface area (Å²) in [5.74, 6) is 3.53. The van der Waals surface area contributed by atoms with Crippen LogP contribution in [-0.2, 0) is 7.05 Å². The van der Waals surface area contributed by atoms with Crippen LogP contribution in [0, 0.1) is 0 Å². The number of fused-ring (bicyclic) bond motifs is 2. The fourth-order valence-electron chi connectivity index (χ4n) is 4.00. The number of ether oxygens (including phenoxy) is 4. The number of nitrogens with zero attached hydrogens (tertiary/aromatic N) is 3. The van der Waals surface area contributed by atoms with E-state index in [0.29, 0.717) is 45.8 Å². The molecule has 0 saturated heterocycles. The summed E-state index contributed by atoms with van der Waals surface area (Å²) < 4.78 is 23.9. The van der Waals surface area contributed by atoms with E-state index in [1.165, 1.54) is 0 Å². The largest absolute Gasteiger partial charge is 0.497 e. The van der Waals surface area contributed by atoms with E-state index in [1.54, 1.807) is 75.7 Å². The van der Waals surface area contributed by atoms with E-state index in [1.807, 2.05) is 24.3 Å². The van der Waals surface area contributed by atoms with Crippen molar-refractivity contribution in [2.45, 2.75) is 0 Å². The molecule has 2 N–H and O–H groups in total. The van der Waals surface area contributed by atoms with Gasteiger partial charge < -0.3 is 24.3 Å². The minimum atomic E-state index is -0.405. The Morgan fingerprint density at radius 1 is 0.784 bits per heavy atom. The second-order valence-electron chi connectivity index (χ2n) is 8.09. The molecule has 0 aliphatic carbocycles. The number of nitrogens with one attached hydrogen (secondary N) is 2. The van der Waals surface area contributed by atoms with E-state index in [0.717, 1.165) is 16.3 Å². The number of amides is 2. The molecule has 0 aliphatic heterocycles. The minimum absolute atomic E-state index is 0.405. The number of aromatic nitrogens is 3. The van der Waals surface area contributed by atoms with Crippen molar-refractivity contribution < 1.29 is 23.7 Å². The Morgan fingerprint density at radius 3 is 2.24 bits per heavy atom. The first kappa shape index (κ1) is 23.7. The summed E-state index contributed by atoms with van der Waals surface area (Å²) in [4.78, 5) is 17.0. The van der Waals surface area contributed by atoms with E-state index >= 15 is 0 Å². The number of anilines is 2. The van der Waals surface area contributed by atoms with E-state index in [4.69, 9.17) is 18.9 Å². The SMILES string of the molecule is COc1ccc(NC(=O)Nc2nn(C)c3cc(Oc4ccnc5cc(OC)c(OC)cc45)ccc23)cc1. The average molecular weight is 500 g/mol. The van der Waals surface area contributed by atoms with Gasteiger partial charge in [0.2, 0.25) is 0 Å². The molecule has 0 atom stereocenters. The number of rotatable bonds is 7. The van der Waals surface area contributed by atoms with Gasteiger partial charge in [0, 0.05) is 41.8 Å². The van der Waals surface area contributed by atoms with Crippen molar-refractivity contribution in [2.75, 3.05) is 32.0 Å². The molecule has 2 aromatic heterocycles. The zero-order valence-corrected chi connectivity index (χ0v) is 20.7. The van der Waals surface area contributed by atoms with Crippen LogP contribution in [0.25, 0.3) is 21.8 Å². The normalized spacial score (nSPS) is 10.8. The van der Waals surface area contributed by atoms with Gasteiger partial charge in [0.15, 0.2) is 17.3 Å². The van der Waals surface area contributed by atoms with Gasteiger partial charge in [0.1, 0.15) is 17.2 Å². The average Bonchev–Trinajstić information content (AvgIpc) is 3.22. The van der Waals surface area contributed by atoms with Crippen molar-refractivity contribution in [3.05, 3.63) is 66.9 Å². The third-order valence-electron chi connectivity index (χ3n) is 5.84. The van der Waals surface area contributed by atoms with Gasteiger partial charge in [-0.3, -0.25) is 15.0 Å². The molecule has 188 valence electrons. The summed E-state index contributed by atoms with van der Waals surface area (Å²) >= 11 is 0. The number of carbonyl (C=O) groups is 1. The van der Waals surface area contributed by atoms with Crippen LogP contribution >= 0.6 is 0 Å². The first-order valence-electron chi connectivity index (χ1n) is 11.4. The van der Waals surface area contributed by atoms with Crippen molar-refractivity contribution in [1.29, 1.82) is 0 Å². The van der Waals surface area contributed by atoms with Crippen LogP contribution in [0.15, 0.2) is 66.9 Å². The van der Waals surface area contributed by atoms with Gasteiger partial charge in [-0.25, -0.2) is 4.79 Å². The summed E-state index contributed by atoms with van der Waals surface area (Å²) in [6, 6.07) is 17.6. The van der Waals surface area contributed by atoms with Crippen LogP contribution in [-0.4, -0.2) is 42.1 Å². The molecule has 3 aromatic carbocycles. The van der Waals surface area contributed by atoms with Crippen molar-refractivity contribution in [2.24, 2.45) is 7.05 Å². The van der Waals surface area contributed by atoms with Gasteiger partial charge in [-0.1, -0.05) is 0 Å². The Hall–Kier alpha value is -4.99. The zero-order valence-electron chi connectivity index (χ0n) is 20.7. The standard InChI is InChI=1S/C27H25N5O5/c1-32-22-13-18(37-23-11-12-28-21-15-25(36-4)24(35-3)14-20(21)23)9-10-19(22)26(31-32)30-27(33)29-16-5-7-17(34-2)8-6-16/h5-15H,1-4H3,(H2,29,30,31,33). The Morgan fingerprint density at radius 2 is 1.51 bits per heavy atom. The van der Waals surface area contributed by atoms with E-state index in [9.17, 15) is 4.79 Å². The smallest absolute Gasteiger partial charge is 0.324 e. The monoisotopic (exact) mass is 499 g/mol. The number of aryl methyl sites for hydroxylation is 1. The quantitative estimate of drug-likeness (QED) is 0.301. The van der Waals surface area contributed by atoms with Crippen molar-refractivity contribution >= 4 is 39.3 Å². The molecule has 10 heteroatoms. The molecular formula is C27H25N5O5. The number of hydrogen-bond donors (Lipinski definition) is 2. The highest BCUT2D eigenvalue weighted by atomic mass is 16.5. The van der Waals surface area contributed by atoms with Crippen LogP contribution in [0.5, 0.6) is 28.7 Å². The molecule has 0 aliphatic rings. The highest BCUT2D eigenvalue weighted by Crippen LogP contribution is 2.37. The first-order valence-corrected chi connectivity index (χ1v) is 11.4. The Balaban J connectivity index is 1.39. The second-order valence-corrected chi connectivity index (χ2v) is 8.09. The minimum Gasteiger partial charge on any atom is -0.497 e. The van der Waals surface area contributed by atoms with Crippen molar-refractivity contribution in [3.8, 4) is 28.7 Å². The van der Waals surface area contributed by atoms with Crippen LogP contribution < -0.4 is 29.6 Å². The van der Waals surface area contributed by atoms with Crippen molar-refractivity contribution in [3.63, 3.8) is 0 Å². The molecule has 5 rings (SSSR count). The molecule has 0 spiro atoms. The predicted octanol–water partition coefficient (Wildman–Crippen LogP) is 5.58. The summed E-state index contributed by atoms with van der Waals surface area (Å²) in [6.45, 7) is 0. The Kier molecular flexibility index (Phi) is 6.38. The highest BCUT2D eigenvalue weighted by Gasteiger charge is 2.15. The lowest BCUT2D eigenvalue weighted by molar-refractivity contribution is 0.262. The number of urea groups is 1. The number of hydrogen-bond acceptors (Lipinski definition) is 7. The second kappa shape index (κ2) is 9.94. The predicted molar refractivity (Wildman–Crippen MR) is 141 cm³/mol. The summed E-state index contributed by atoms with van der Waals surface area (Å²) in [7, 11) is 6.56. The van der Waals surface area contributed by atoms with Gasteiger partial charge in [0.25, 0.3) is 0 Å². The summed E-state index contributed by atoms with van der Waals surface area (Å²) in [5, 5.41) is 11.6. The maximum absolute atomic E-state index is 12.6. The Bertz CT molecular complexity index is 1600. The van der Waals surface area contributed by atoms with Crippen LogP contribution in [0.3, 0.4) is 0 Å². The number of methoxy groups -OCH3 is 3. The van der Waals surface area contributed by atoms with Crippen LogP contribution in [0.2, 0.25) is 0 Å². The summed E-state index contributed by atoms with van der Waals surface area (Å²) in [5.41, 5.74) is 2.13. The molecular weight excluding hydrogens is 474 g/mol. The van der Waals surface area contributed by atoms with Gasteiger partial charge in [0.05, 0.1) is 32.4 Å². The molecule has 0 fully saturated rings. The first-order chi connectivity index (χ1) is 18.0. The molecule has 37 heavy (non-hydrogen) atoms. The van der Waals surface area contributed by atoms with E-state index in [-0.39, 0.29) is 0 Å². The number of carbonyl (C=O) groups excluding carboxylic acids is 1. The van der Waals surface area contributed by atoms with E-state index in [2.05, 4.69) is 20.7 Å². The lowest BCUT2D eigenvalue weighted by Gasteiger charge is -2.12. The lowest BCUT2D eigenvalue weighted by atomic mass is 10.1.